The zero-order chi connectivity index (χ0) is 36.9. The van der Waals surface area contributed by atoms with E-state index in [0.717, 1.165) is 68.5 Å². The maximum Gasteiger partial charge on any atom is 0.319 e. The molecule has 3 unspecified atom stereocenters. The molecular formula is C40H37ClF2N8O2S. The number of rotatable bonds is 7. The summed E-state index contributed by atoms with van der Waals surface area (Å²) >= 11 is 7.91. The number of carbonyl (C=O) groups excluding carboxylic acids is 1. The Labute approximate surface area is 319 Å². The highest BCUT2D eigenvalue weighted by Crippen LogP contribution is 2.47. The summed E-state index contributed by atoms with van der Waals surface area (Å²) < 4.78 is 38.9. The van der Waals surface area contributed by atoms with Crippen molar-refractivity contribution in [2.45, 2.75) is 68.2 Å². The molecule has 276 valence electrons. The number of nitrogens with one attached hydrogen (secondary N) is 1. The zero-order valence-corrected chi connectivity index (χ0v) is 30.9. The molecule has 14 heteroatoms. The summed E-state index contributed by atoms with van der Waals surface area (Å²) in [6.07, 6.45) is 5.95. The lowest BCUT2D eigenvalue weighted by Crippen LogP contribution is -2.57. The summed E-state index contributed by atoms with van der Waals surface area (Å²) in [6, 6.07) is 16.1. The summed E-state index contributed by atoms with van der Waals surface area (Å²) in [5, 5.41) is 14.2. The molecule has 0 aliphatic carbocycles. The molecule has 3 aromatic carbocycles. The maximum atomic E-state index is 17.3. The number of ether oxygens (including phenoxy) is 1. The van der Waals surface area contributed by atoms with Gasteiger partial charge in [0.05, 0.1) is 26.9 Å². The highest BCUT2D eigenvalue weighted by atomic mass is 35.5. The lowest BCUT2D eigenvalue weighted by atomic mass is 9.95. The van der Waals surface area contributed by atoms with Gasteiger partial charge in [0.25, 0.3) is 0 Å². The average molecular weight is 767 g/mol. The number of fused-ring (bicyclic) bond motifs is 5. The Morgan fingerprint density at radius 3 is 2.56 bits per heavy atom. The third-order valence-electron chi connectivity index (χ3n) is 12.4. The molecule has 10 nitrogen and oxygen atoms in total. The minimum Gasteiger partial charge on any atom is -0.461 e. The number of aromatic nitrogens is 2. The SMILES string of the molecule is N#Cc1c(N)sc2c(F)ccc(-c3c(Cl)cc4c(N5CC6CCC(C5)N6C(=O)[C@@H]5NC5c5ccccc5)nc(OCC56CCCN5CCC6)nc4c3F)c12. The van der Waals surface area contributed by atoms with Crippen LogP contribution in [0.1, 0.15) is 55.7 Å². The van der Waals surface area contributed by atoms with Crippen LogP contribution in [-0.2, 0) is 4.79 Å². The van der Waals surface area contributed by atoms with Crippen LogP contribution >= 0.6 is 22.9 Å². The Hall–Kier alpha value is -4.61. The number of piperazine rings is 1. The number of benzene rings is 3. The molecule has 2 aromatic heterocycles. The minimum absolute atomic E-state index is 0.00388. The predicted octanol–water partition coefficient (Wildman–Crippen LogP) is 6.80. The van der Waals surface area contributed by atoms with E-state index >= 15 is 8.78 Å². The molecule has 0 radical (unpaired) electrons. The van der Waals surface area contributed by atoms with Gasteiger partial charge in [-0.1, -0.05) is 48.0 Å². The van der Waals surface area contributed by atoms with Crippen molar-refractivity contribution in [1.29, 1.82) is 5.26 Å². The van der Waals surface area contributed by atoms with Gasteiger partial charge in [-0.05, 0) is 74.9 Å². The van der Waals surface area contributed by atoms with Crippen molar-refractivity contribution in [3.05, 3.63) is 76.3 Å². The van der Waals surface area contributed by atoms with Crippen molar-refractivity contribution in [1.82, 2.24) is 25.1 Å². The fraction of sp³-hybridized carbons (Fsp3) is 0.400. The van der Waals surface area contributed by atoms with Crippen LogP contribution in [0.5, 0.6) is 6.01 Å². The lowest BCUT2D eigenvalue weighted by molar-refractivity contribution is -0.134. The molecule has 3 N–H and O–H groups in total. The normalized spacial score (nSPS) is 24.3. The van der Waals surface area contributed by atoms with E-state index < -0.39 is 11.6 Å². The number of halogens is 3. The first-order valence-corrected chi connectivity index (χ1v) is 19.8. The van der Waals surface area contributed by atoms with Gasteiger partial charge in [-0.15, -0.1) is 11.3 Å². The first-order valence-electron chi connectivity index (χ1n) is 18.6. The van der Waals surface area contributed by atoms with Crippen LogP contribution in [0.4, 0.5) is 19.6 Å². The zero-order valence-electron chi connectivity index (χ0n) is 29.3. The smallest absolute Gasteiger partial charge is 0.319 e. The van der Waals surface area contributed by atoms with Crippen molar-refractivity contribution in [3.63, 3.8) is 0 Å². The van der Waals surface area contributed by atoms with E-state index in [9.17, 15) is 10.1 Å². The molecule has 7 heterocycles. The Morgan fingerprint density at radius 2 is 1.83 bits per heavy atom. The Bertz CT molecular complexity index is 2380. The van der Waals surface area contributed by atoms with Crippen LogP contribution in [0.3, 0.4) is 0 Å². The number of carbonyl (C=O) groups is 1. The van der Waals surface area contributed by atoms with Crippen molar-refractivity contribution in [2.75, 3.05) is 43.4 Å². The van der Waals surface area contributed by atoms with Gasteiger partial charge in [0.1, 0.15) is 40.9 Å². The van der Waals surface area contributed by atoms with Crippen molar-refractivity contribution >= 4 is 60.7 Å². The molecule has 5 fully saturated rings. The molecule has 4 atom stereocenters. The van der Waals surface area contributed by atoms with Crippen LogP contribution < -0.4 is 20.7 Å². The summed E-state index contributed by atoms with van der Waals surface area (Å²) in [6.45, 7) is 3.47. The highest BCUT2D eigenvalue weighted by molar-refractivity contribution is 7.23. The number of nitrogens with zero attached hydrogens (tertiary/aromatic N) is 6. The van der Waals surface area contributed by atoms with Gasteiger partial charge in [0.15, 0.2) is 5.82 Å². The second-order valence-electron chi connectivity index (χ2n) is 15.3. The first kappa shape index (κ1) is 33.9. The second kappa shape index (κ2) is 12.7. The van der Waals surface area contributed by atoms with Gasteiger partial charge in [-0.25, -0.2) is 8.78 Å². The third-order valence-corrected chi connectivity index (χ3v) is 13.7. The van der Waals surface area contributed by atoms with E-state index in [1.54, 1.807) is 6.07 Å². The largest absolute Gasteiger partial charge is 0.461 e. The molecule has 1 amide bonds. The van der Waals surface area contributed by atoms with Crippen LogP contribution in [0.25, 0.3) is 32.1 Å². The summed E-state index contributed by atoms with van der Waals surface area (Å²) in [7, 11) is 0. The van der Waals surface area contributed by atoms with Gasteiger partial charge in [-0.2, -0.15) is 15.2 Å². The van der Waals surface area contributed by atoms with Gasteiger partial charge < -0.3 is 20.3 Å². The number of nitrogen functional groups attached to an aromatic ring is 1. The fourth-order valence-corrected chi connectivity index (χ4v) is 11.0. The number of amides is 1. The number of anilines is 2. The molecule has 5 aliphatic rings. The minimum atomic E-state index is -0.724. The summed E-state index contributed by atoms with van der Waals surface area (Å²) in [5.41, 5.74) is 7.48. The van der Waals surface area contributed by atoms with E-state index in [-0.39, 0.29) is 83.9 Å². The van der Waals surface area contributed by atoms with Crippen molar-refractivity contribution in [2.24, 2.45) is 0 Å². The van der Waals surface area contributed by atoms with Gasteiger partial charge in [0, 0.05) is 41.5 Å². The van der Waals surface area contributed by atoms with Crippen molar-refractivity contribution < 1.29 is 18.3 Å². The summed E-state index contributed by atoms with van der Waals surface area (Å²) in [5.74, 6) is -0.679. The molecule has 54 heavy (non-hydrogen) atoms. The van der Waals surface area contributed by atoms with E-state index in [4.69, 9.17) is 32.0 Å². The second-order valence-corrected chi connectivity index (χ2v) is 16.8. The lowest BCUT2D eigenvalue weighted by Gasteiger charge is -2.42. The average Bonchev–Trinajstić information content (AvgIpc) is 3.36. The summed E-state index contributed by atoms with van der Waals surface area (Å²) in [4.78, 5) is 30.2. The quantitative estimate of drug-likeness (QED) is 0.172. The molecule has 5 aromatic rings. The Balaban J connectivity index is 1.04. The number of nitriles is 1. The van der Waals surface area contributed by atoms with Crippen LogP contribution in [0.15, 0.2) is 48.5 Å². The molecule has 2 bridgehead atoms. The van der Waals surface area contributed by atoms with Gasteiger partial charge in [0.2, 0.25) is 5.91 Å². The van der Waals surface area contributed by atoms with Crippen LogP contribution in [0, 0.1) is 23.0 Å². The van der Waals surface area contributed by atoms with Gasteiger partial charge in [-0.3, -0.25) is 15.0 Å². The van der Waals surface area contributed by atoms with Crippen LogP contribution in [0.2, 0.25) is 5.02 Å². The molecular weight excluding hydrogens is 730 g/mol. The molecule has 5 saturated heterocycles. The molecule has 0 spiro atoms. The number of thiophene rings is 1. The predicted molar refractivity (Wildman–Crippen MR) is 205 cm³/mol. The van der Waals surface area contributed by atoms with E-state index in [0.29, 0.717) is 30.9 Å². The Morgan fingerprint density at radius 1 is 1.09 bits per heavy atom. The van der Waals surface area contributed by atoms with E-state index in [1.807, 2.05) is 30.3 Å². The van der Waals surface area contributed by atoms with Crippen molar-refractivity contribution in [3.8, 4) is 23.2 Å². The Kier molecular flexibility index (Phi) is 8.00. The topological polar surface area (TPSA) is 134 Å². The molecule has 5 aliphatic heterocycles. The number of hydrogen-bond donors (Lipinski definition) is 2. The van der Waals surface area contributed by atoms with Gasteiger partial charge >= 0.3 is 6.01 Å². The molecule has 10 rings (SSSR count). The standard InChI is InChI=1S/C40H37ClF2N8O2S/c41-27-16-25-33(31(43)30(27)24-10-11-28(42)35-29(24)26(17-44)36(45)54-35)47-39(53-20-40-12-4-14-50(40)15-5-13-40)48-37(25)49-18-22-8-9-23(19-49)51(22)38(52)34-32(46-34)21-6-2-1-3-7-21/h1-3,6-7,10-11,16,22-23,32,34,46H,4-5,8-9,12-15,18-20,45H2/t22?,23?,32?,34-/m1/s1. The highest BCUT2D eigenvalue weighted by Gasteiger charge is 2.52. The van der Waals surface area contributed by atoms with Crippen LogP contribution in [-0.4, -0.2) is 82.1 Å². The van der Waals surface area contributed by atoms with E-state index in [1.165, 1.54) is 12.1 Å². The number of nitrogens with two attached hydrogens (primary N) is 1. The van der Waals surface area contributed by atoms with E-state index in [2.05, 4.69) is 26.1 Å². The monoisotopic (exact) mass is 766 g/mol. The first-order chi connectivity index (χ1) is 26.2. The number of hydrogen-bond acceptors (Lipinski definition) is 10. The molecule has 0 saturated carbocycles. The maximum absolute atomic E-state index is 17.3. The fourth-order valence-electron chi connectivity index (χ4n) is 9.78. The third kappa shape index (κ3) is 5.25.